The third-order valence-corrected chi connectivity index (χ3v) is 4.98. The SMILES string of the molecule is COc1ccc2c(C#CB3OC(C)(C)C(C)(C)O3)c(OC)ccc2c1. The minimum absolute atomic E-state index is 0.400. The summed E-state index contributed by atoms with van der Waals surface area (Å²) in [5.41, 5.74) is 0.0165. The summed E-state index contributed by atoms with van der Waals surface area (Å²) in [6, 6.07) is 9.80. The van der Waals surface area contributed by atoms with E-state index in [1.807, 2.05) is 58.0 Å². The minimum Gasteiger partial charge on any atom is -0.497 e. The first kappa shape index (κ1) is 17.7. The van der Waals surface area contributed by atoms with Crippen molar-refractivity contribution in [1.29, 1.82) is 0 Å². The lowest BCUT2D eigenvalue weighted by molar-refractivity contribution is 0.00578. The smallest absolute Gasteiger partial charge is 0.497 e. The van der Waals surface area contributed by atoms with Gasteiger partial charge in [0.2, 0.25) is 0 Å². The van der Waals surface area contributed by atoms with Crippen LogP contribution in [0.4, 0.5) is 0 Å². The van der Waals surface area contributed by atoms with Crippen LogP contribution < -0.4 is 9.47 Å². The summed E-state index contributed by atoms with van der Waals surface area (Å²) in [4.78, 5) is 0. The van der Waals surface area contributed by atoms with Gasteiger partial charge in [-0.05, 0) is 57.3 Å². The molecule has 0 radical (unpaired) electrons. The molecule has 0 atom stereocenters. The van der Waals surface area contributed by atoms with Crippen LogP contribution in [0.3, 0.4) is 0 Å². The summed E-state index contributed by atoms with van der Waals surface area (Å²) in [6.45, 7) is 8.05. The zero-order valence-electron chi connectivity index (χ0n) is 15.6. The molecule has 0 spiro atoms. The van der Waals surface area contributed by atoms with E-state index < -0.39 is 18.3 Å². The molecule has 5 heteroatoms. The second-order valence-electron chi connectivity index (χ2n) is 7.09. The standard InChI is InChI=1S/C20H23BO4/c1-19(2)20(3,4)25-21(24-19)12-11-17-16-9-8-15(22-5)13-14(16)7-10-18(17)23-6/h7-10,13H,1-6H3. The van der Waals surface area contributed by atoms with Crippen LogP contribution in [-0.2, 0) is 9.31 Å². The highest BCUT2D eigenvalue weighted by Crippen LogP contribution is 2.36. The monoisotopic (exact) mass is 338 g/mol. The zero-order chi connectivity index (χ0) is 18.2. The topological polar surface area (TPSA) is 36.9 Å². The van der Waals surface area contributed by atoms with E-state index in [4.69, 9.17) is 18.8 Å². The molecule has 25 heavy (non-hydrogen) atoms. The minimum atomic E-state index is -0.566. The van der Waals surface area contributed by atoms with E-state index in [1.54, 1.807) is 14.2 Å². The van der Waals surface area contributed by atoms with Gasteiger partial charge < -0.3 is 18.8 Å². The molecule has 1 heterocycles. The first-order valence-electron chi connectivity index (χ1n) is 8.29. The van der Waals surface area contributed by atoms with Gasteiger partial charge in [-0.25, -0.2) is 0 Å². The van der Waals surface area contributed by atoms with Crippen molar-refractivity contribution in [2.24, 2.45) is 0 Å². The molecule has 0 bridgehead atoms. The molecule has 4 nitrogen and oxygen atoms in total. The molecule has 0 amide bonds. The lowest BCUT2D eigenvalue weighted by Gasteiger charge is -2.32. The fourth-order valence-corrected chi connectivity index (χ4v) is 2.75. The molecule has 0 unspecified atom stereocenters. The Kier molecular flexibility index (Phi) is 4.44. The Labute approximate surface area is 149 Å². The number of hydrogen-bond acceptors (Lipinski definition) is 4. The maximum Gasteiger partial charge on any atom is 0.551 e. The quantitative estimate of drug-likeness (QED) is 0.616. The maximum absolute atomic E-state index is 5.95. The van der Waals surface area contributed by atoms with E-state index in [0.717, 1.165) is 27.8 Å². The number of hydrogen-bond donors (Lipinski definition) is 0. The van der Waals surface area contributed by atoms with Crippen molar-refractivity contribution in [3.8, 4) is 23.2 Å². The highest BCUT2D eigenvalue weighted by molar-refractivity contribution is 6.55. The molecule has 1 aliphatic rings. The molecule has 3 rings (SSSR count). The molecular weight excluding hydrogens is 315 g/mol. The number of ether oxygens (including phenoxy) is 2. The summed E-state index contributed by atoms with van der Waals surface area (Å²) in [5, 5.41) is 2.04. The number of fused-ring (bicyclic) bond motifs is 1. The molecular formula is C20H23BO4. The second kappa shape index (κ2) is 6.29. The fraction of sp³-hybridized carbons (Fsp3) is 0.400. The van der Waals surface area contributed by atoms with Gasteiger partial charge in [-0.2, -0.15) is 0 Å². The molecule has 1 aliphatic heterocycles. The number of benzene rings is 2. The van der Waals surface area contributed by atoms with Gasteiger partial charge in [-0.1, -0.05) is 17.8 Å². The molecule has 130 valence electrons. The third kappa shape index (κ3) is 3.20. The molecule has 0 aliphatic carbocycles. The molecule has 0 aromatic heterocycles. The van der Waals surface area contributed by atoms with E-state index in [9.17, 15) is 0 Å². The van der Waals surface area contributed by atoms with Crippen LogP contribution in [0.2, 0.25) is 0 Å². The summed E-state index contributed by atoms with van der Waals surface area (Å²) >= 11 is 0. The largest absolute Gasteiger partial charge is 0.551 e. The van der Waals surface area contributed by atoms with Crippen molar-refractivity contribution < 1.29 is 18.8 Å². The average molecular weight is 338 g/mol. The average Bonchev–Trinajstić information content (AvgIpc) is 2.78. The van der Waals surface area contributed by atoms with Crippen LogP contribution in [0.25, 0.3) is 10.8 Å². The van der Waals surface area contributed by atoms with Gasteiger partial charge >= 0.3 is 7.12 Å². The van der Waals surface area contributed by atoms with E-state index in [1.165, 1.54) is 0 Å². The Hall–Kier alpha value is -2.16. The lowest BCUT2D eigenvalue weighted by Crippen LogP contribution is -2.41. The lowest BCUT2D eigenvalue weighted by atomic mass is 9.90. The van der Waals surface area contributed by atoms with Gasteiger partial charge in [-0.3, -0.25) is 0 Å². The van der Waals surface area contributed by atoms with E-state index in [0.29, 0.717) is 0 Å². The first-order valence-corrected chi connectivity index (χ1v) is 8.29. The van der Waals surface area contributed by atoms with Crippen molar-refractivity contribution in [2.75, 3.05) is 14.2 Å². The van der Waals surface area contributed by atoms with Crippen LogP contribution in [0.5, 0.6) is 11.5 Å². The zero-order valence-corrected chi connectivity index (χ0v) is 15.6. The summed E-state index contributed by atoms with van der Waals surface area (Å²) in [5.74, 6) is 7.83. The molecule has 1 fully saturated rings. The van der Waals surface area contributed by atoms with Crippen LogP contribution >= 0.6 is 0 Å². The predicted molar refractivity (Wildman–Crippen MR) is 100 cm³/mol. The van der Waals surface area contributed by atoms with Gasteiger partial charge in [0.1, 0.15) is 11.5 Å². The van der Waals surface area contributed by atoms with Crippen LogP contribution in [0.15, 0.2) is 30.3 Å². The summed E-state index contributed by atoms with van der Waals surface area (Å²) in [7, 11) is 2.73. The molecule has 0 saturated carbocycles. The normalized spacial score (nSPS) is 17.9. The van der Waals surface area contributed by atoms with Crippen molar-refractivity contribution >= 4 is 17.9 Å². The van der Waals surface area contributed by atoms with Gasteiger partial charge in [0.05, 0.1) is 31.0 Å². The molecule has 2 aromatic carbocycles. The Bertz CT molecular complexity index is 845. The summed E-state index contributed by atoms with van der Waals surface area (Å²) in [6.07, 6.45) is 0. The van der Waals surface area contributed by atoms with Crippen LogP contribution in [0.1, 0.15) is 33.3 Å². The van der Waals surface area contributed by atoms with Crippen molar-refractivity contribution in [3.05, 3.63) is 35.9 Å². The Morgan fingerprint density at radius 2 is 1.60 bits per heavy atom. The van der Waals surface area contributed by atoms with Crippen LogP contribution in [0, 0.1) is 11.7 Å². The van der Waals surface area contributed by atoms with E-state index in [-0.39, 0.29) is 0 Å². The van der Waals surface area contributed by atoms with Crippen molar-refractivity contribution in [3.63, 3.8) is 0 Å². The molecule has 0 N–H and O–H groups in total. The Morgan fingerprint density at radius 3 is 2.20 bits per heavy atom. The highest BCUT2D eigenvalue weighted by atomic mass is 16.7. The molecule has 2 aromatic rings. The Balaban J connectivity index is 2.02. The second-order valence-corrected chi connectivity index (χ2v) is 7.09. The highest BCUT2D eigenvalue weighted by Gasteiger charge is 2.50. The van der Waals surface area contributed by atoms with Gasteiger partial charge in [0, 0.05) is 5.39 Å². The fourth-order valence-electron chi connectivity index (χ4n) is 2.75. The van der Waals surface area contributed by atoms with Crippen molar-refractivity contribution in [2.45, 2.75) is 38.9 Å². The molecule has 1 saturated heterocycles. The summed E-state index contributed by atoms with van der Waals surface area (Å²) < 4.78 is 22.7. The van der Waals surface area contributed by atoms with Gasteiger partial charge in [-0.15, -0.1) is 0 Å². The third-order valence-electron chi connectivity index (χ3n) is 4.98. The van der Waals surface area contributed by atoms with Crippen LogP contribution in [-0.4, -0.2) is 32.5 Å². The Morgan fingerprint density at radius 1 is 0.920 bits per heavy atom. The number of methoxy groups -OCH3 is 2. The van der Waals surface area contributed by atoms with Gasteiger partial charge in [0.25, 0.3) is 0 Å². The van der Waals surface area contributed by atoms with E-state index >= 15 is 0 Å². The van der Waals surface area contributed by atoms with Gasteiger partial charge in [0.15, 0.2) is 0 Å². The maximum atomic E-state index is 5.95. The van der Waals surface area contributed by atoms with Crippen molar-refractivity contribution in [1.82, 2.24) is 0 Å². The number of rotatable bonds is 2. The predicted octanol–water partition coefficient (Wildman–Crippen LogP) is 3.84. The first-order chi connectivity index (χ1) is 11.8. The van der Waals surface area contributed by atoms with E-state index in [2.05, 4.69) is 11.7 Å².